The van der Waals surface area contributed by atoms with E-state index < -0.39 is 187 Å². The highest BCUT2D eigenvalue weighted by molar-refractivity contribution is 8.13. The number of nitrogens with two attached hydrogens (primary N) is 2. The molecule has 41 nitrogen and oxygen atoms in total. The van der Waals surface area contributed by atoms with E-state index in [1.165, 1.54) is 21.0 Å². The van der Waals surface area contributed by atoms with Crippen molar-refractivity contribution in [2.45, 2.75) is 120 Å². The van der Waals surface area contributed by atoms with Crippen LogP contribution in [0.2, 0.25) is 0 Å². The molecule has 9 amide bonds. The van der Waals surface area contributed by atoms with Gasteiger partial charge in [-0.2, -0.15) is 4.31 Å². The summed E-state index contributed by atoms with van der Waals surface area (Å²) in [4.78, 5) is 189. The van der Waals surface area contributed by atoms with Crippen molar-refractivity contribution >= 4 is 117 Å². The first-order valence-corrected chi connectivity index (χ1v) is 34.0. The normalized spacial score (nSPS) is 23.7. The van der Waals surface area contributed by atoms with Gasteiger partial charge in [0.1, 0.15) is 66.5 Å². The number of hydrogen-bond donors (Lipinski definition) is 17. The zero-order valence-electron chi connectivity index (χ0n) is 51.4. The minimum Gasteiger partial charge on any atom is -0.480 e. The summed E-state index contributed by atoms with van der Waals surface area (Å²) in [5.41, 5.74) is 10.3. The third-order valence-electron chi connectivity index (χ3n) is 13.9. The van der Waals surface area contributed by atoms with E-state index in [4.69, 9.17) is 25.3 Å². The highest BCUT2D eigenvalue weighted by Crippen LogP contribution is 2.61. The van der Waals surface area contributed by atoms with Crippen LogP contribution < -0.4 is 54.0 Å². The maximum atomic E-state index is 14.3. The number of urea groups is 1. The summed E-state index contributed by atoms with van der Waals surface area (Å²) in [5, 5.41) is 50.0. The Morgan fingerprint density at radius 1 is 0.905 bits per heavy atom. The highest BCUT2D eigenvalue weighted by Gasteiger charge is 2.51. The molecule has 2 saturated heterocycles. The number of thioether (sulfide) groups is 1. The fraction of sp³-hybridized carbons (Fsp3) is 0.560. The van der Waals surface area contributed by atoms with Crippen LogP contribution in [0.15, 0.2) is 48.0 Å². The Morgan fingerprint density at radius 2 is 1.57 bits per heavy atom. The summed E-state index contributed by atoms with van der Waals surface area (Å²) >= 11 is 0.516. The molecule has 5 rings (SSSR count). The lowest BCUT2D eigenvalue weighted by atomic mass is 9.87. The number of aliphatic hydroxyl groups is 2. The summed E-state index contributed by atoms with van der Waals surface area (Å²) in [6.45, 7) is 0.625. The van der Waals surface area contributed by atoms with E-state index >= 15 is 0 Å². The molecule has 12 atom stereocenters. The van der Waals surface area contributed by atoms with E-state index in [2.05, 4.69) is 71.3 Å². The number of carboxylic acids is 1. The number of rotatable bonds is 27. The minimum absolute atomic E-state index is 0.0181. The quantitative estimate of drug-likeness (QED) is 0.0148. The number of amides is 9. The van der Waals surface area contributed by atoms with Crippen molar-refractivity contribution in [3.8, 4) is 0 Å². The molecule has 2 aliphatic rings. The lowest BCUT2D eigenvalue weighted by molar-refractivity contribution is -0.146. The first-order valence-electron chi connectivity index (χ1n) is 28.5. The summed E-state index contributed by atoms with van der Waals surface area (Å²) in [7, 11) is -14.2. The van der Waals surface area contributed by atoms with Crippen LogP contribution in [0.5, 0.6) is 0 Å². The number of nitrogens with zero attached hydrogens (tertiary/aromatic N) is 6. The molecular weight excluding hydrogens is 1350 g/mol. The van der Waals surface area contributed by atoms with Crippen molar-refractivity contribution in [3.05, 3.63) is 48.5 Å². The zero-order valence-corrected chi connectivity index (χ0v) is 54.9. The molecule has 4 heterocycles. The van der Waals surface area contributed by atoms with E-state index in [0.29, 0.717) is 17.3 Å². The monoisotopic (exact) mass is 1420 g/mol. The molecule has 0 spiro atoms. The number of benzene rings is 1. The number of guanidine groups is 1. The van der Waals surface area contributed by atoms with Crippen LogP contribution in [0, 0.1) is 5.41 Å². The molecule has 2 aliphatic heterocycles. The summed E-state index contributed by atoms with van der Waals surface area (Å²) < 4.78 is 62.8. The minimum atomic E-state index is -5.70. The van der Waals surface area contributed by atoms with Crippen LogP contribution in [0.1, 0.15) is 64.7 Å². The Morgan fingerprint density at radius 3 is 2.23 bits per heavy atom. The number of phosphoric acid groups is 3. The van der Waals surface area contributed by atoms with Gasteiger partial charge in [0.05, 0.1) is 32.4 Å². The van der Waals surface area contributed by atoms with Gasteiger partial charge in [-0.1, -0.05) is 55.9 Å². The molecular formula is C50H75N16O25P3S. The van der Waals surface area contributed by atoms with Gasteiger partial charge in [0.2, 0.25) is 46.5 Å². The Balaban J connectivity index is 1.13. The molecule has 0 bridgehead atoms. The second-order valence-corrected chi connectivity index (χ2v) is 27.1. The van der Waals surface area contributed by atoms with Crippen LogP contribution in [0.4, 0.5) is 10.6 Å². The molecule has 45 heteroatoms. The van der Waals surface area contributed by atoms with Gasteiger partial charge in [-0.3, -0.25) is 66.8 Å². The number of hydrogen-bond acceptors (Lipinski definition) is 26. The number of imidazole rings is 1. The van der Waals surface area contributed by atoms with Crippen molar-refractivity contribution in [1.82, 2.24) is 67.0 Å². The van der Waals surface area contributed by atoms with Gasteiger partial charge in [0, 0.05) is 57.7 Å². The lowest BCUT2D eigenvalue weighted by Crippen LogP contribution is -2.58. The number of carboxylic acid groups (broad SMARTS) is 1. The highest BCUT2D eigenvalue weighted by atomic mass is 32.2. The molecule has 2 fully saturated rings. The molecule has 19 N–H and O–H groups in total. The number of aromatic nitrogens is 4. The van der Waals surface area contributed by atoms with Crippen LogP contribution in [-0.4, -0.2) is 231 Å². The van der Waals surface area contributed by atoms with Gasteiger partial charge in [0.25, 0.3) is 0 Å². The van der Waals surface area contributed by atoms with Crippen molar-refractivity contribution < 1.29 is 119 Å². The second kappa shape index (κ2) is 34.8. The predicted octanol–water partition coefficient (Wildman–Crippen LogP) is -4.40. The number of aliphatic imine (C=N–C) groups is 1. The first-order chi connectivity index (χ1) is 44.4. The first kappa shape index (κ1) is 78.0. The summed E-state index contributed by atoms with van der Waals surface area (Å²) in [5.74, 6) is -8.93. The number of aliphatic carboxylic acids is 1. The number of likely N-dealkylation sites (N-methyl/N-ethyl adjacent to an activating group) is 1. The predicted molar refractivity (Wildman–Crippen MR) is 327 cm³/mol. The Hall–Kier alpha value is -7.66. The second-order valence-electron chi connectivity index (χ2n) is 21.8. The third kappa shape index (κ3) is 24.2. The number of nitrogen functional groups attached to an aromatic ring is 1. The Labute approximate surface area is 544 Å². The molecule has 0 saturated carbocycles. The SMILES string of the molecule is CNC(=O)NC(N)=NCCCC1NC(=O)C(C)NC(=O)CC(C(=O)SCCNC(=O)CCNC(=O)C(O)C(C)(C)COP(=O)(O)OP(=O)(O)OCC2OC(n3cnc4c(N)ncnc43)C(O)C2OP(=O)(O)O)NC(=O)CC(C(=O)O)NC(=O)C(Cc2ccccc2)N(C)C1=O. The molecule has 526 valence electrons. The number of anilines is 1. The van der Waals surface area contributed by atoms with E-state index in [1.54, 1.807) is 30.3 Å². The standard InChI is InChI=1S/C50H75N16O25P3S/c1-25-41(72)62-27(12-9-14-56-48(52)64-49(79)53-4)44(75)65(5)30(18-26-10-7-6-8-11-26)42(73)63-28(46(76)77)19-34(69)61-29(20-33(68)60-25)47(78)95-17-16-54-32(67)13-15-55-43(74)38(71)50(2,3)22-88-94(85,86)91-93(83,84)87-21-31-37(90-92(80,81)82)36(70)45(89-31)66-24-59-35-39(51)57-23-58-40(35)66/h6-8,10-11,23-25,27-31,36-38,45,70-71H,9,12-22H2,1-5H3,(H,54,67)(H,55,74)(H,60,68)(H,61,69)(H,62,72)(H,63,73)(H,76,77)(H,83,84)(H,85,86)(H2,51,57,58)(H2,80,81,82)(H4,52,53,56,64,79). The van der Waals surface area contributed by atoms with E-state index in [9.17, 15) is 96.5 Å². The van der Waals surface area contributed by atoms with E-state index in [-0.39, 0.29) is 61.0 Å². The smallest absolute Gasteiger partial charge is 0.480 e. The number of aliphatic hydroxyl groups excluding tert-OH is 2. The zero-order chi connectivity index (χ0) is 70.8. The van der Waals surface area contributed by atoms with Crippen molar-refractivity contribution in [2.24, 2.45) is 16.1 Å². The number of carbonyl (C=O) groups excluding carboxylic acids is 9. The molecule has 2 aromatic heterocycles. The fourth-order valence-electron chi connectivity index (χ4n) is 8.94. The van der Waals surface area contributed by atoms with Crippen molar-refractivity contribution in [3.63, 3.8) is 0 Å². The molecule has 0 radical (unpaired) electrons. The van der Waals surface area contributed by atoms with Gasteiger partial charge in [0.15, 0.2) is 23.7 Å². The number of nitrogens with one attached hydrogen (secondary N) is 8. The van der Waals surface area contributed by atoms with Gasteiger partial charge >= 0.3 is 35.5 Å². The van der Waals surface area contributed by atoms with Gasteiger partial charge in [-0.05, 0) is 25.3 Å². The van der Waals surface area contributed by atoms with Crippen LogP contribution in [0.25, 0.3) is 11.2 Å². The fourth-order valence-corrected chi connectivity index (χ4v) is 12.5. The number of ether oxygens (including phenoxy) is 1. The van der Waals surface area contributed by atoms with Gasteiger partial charge < -0.3 is 93.2 Å². The van der Waals surface area contributed by atoms with Crippen LogP contribution in [-0.2, 0) is 85.9 Å². The summed E-state index contributed by atoms with van der Waals surface area (Å²) in [6.07, 6.45) is -9.77. The molecule has 1 aromatic carbocycles. The Bertz CT molecular complexity index is 3460. The molecule has 3 aromatic rings. The van der Waals surface area contributed by atoms with Crippen molar-refractivity contribution in [1.29, 1.82) is 0 Å². The number of carbonyl (C=O) groups is 10. The van der Waals surface area contributed by atoms with E-state index in [0.717, 1.165) is 36.0 Å². The molecule has 12 unspecified atom stereocenters. The van der Waals surface area contributed by atoms with Gasteiger partial charge in [-0.25, -0.2) is 38.2 Å². The molecule has 0 aliphatic carbocycles. The average molecular weight is 1430 g/mol. The maximum absolute atomic E-state index is 14.3. The maximum Gasteiger partial charge on any atom is 0.481 e. The Kier molecular flexibility index (Phi) is 28.6. The number of fused-ring (bicyclic) bond motifs is 1. The van der Waals surface area contributed by atoms with Gasteiger partial charge in [-0.15, -0.1) is 0 Å². The topological polar surface area (TPSA) is 617 Å². The summed E-state index contributed by atoms with van der Waals surface area (Å²) in [6, 6.07) is -0.269. The van der Waals surface area contributed by atoms with E-state index in [1.807, 2.05) is 0 Å². The third-order valence-corrected chi connectivity index (χ3v) is 18.0. The largest absolute Gasteiger partial charge is 0.481 e. The van der Waals surface area contributed by atoms with Crippen molar-refractivity contribution in [2.75, 3.05) is 58.4 Å². The number of phosphoric ester groups is 3. The average Bonchev–Trinajstić information content (AvgIpc) is 1.62. The van der Waals surface area contributed by atoms with Crippen LogP contribution >= 0.6 is 35.2 Å². The van der Waals surface area contributed by atoms with Crippen LogP contribution in [0.3, 0.4) is 0 Å². The lowest BCUT2D eigenvalue weighted by Gasteiger charge is -2.32. The molecule has 95 heavy (non-hydrogen) atoms.